The predicted octanol–water partition coefficient (Wildman–Crippen LogP) is 3.59. The van der Waals surface area contributed by atoms with Gasteiger partial charge in [-0.2, -0.15) is 0 Å². The Morgan fingerprint density at radius 3 is 2.53 bits per heavy atom. The summed E-state index contributed by atoms with van der Waals surface area (Å²) in [5, 5.41) is 10.9. The lowest BCUT2D eigenvalue weighted by Gasteiger charge is -2.37. The van der Waals surface area contributed by atoms with E-state index in [2.05, 4.69) is 53.7 Å². The zero-order valence-electron chi connectivity index (χ0n) is 32.3. The third-order valence-electron chi connectivity index (χ3n) is 12.5. The fraction of sp³-hybridized carbons (Fsp3) is 0.488. The second-order valence-corrected chi connectivity index (χ2v) is 16.2. The monoisotopic (exact) mass is 775 g/mol. The molecule has 0 aliphatic carbocycles. The van der Waals surface area contributed by atoms with Crippen LogP contribution in [0.25, 0.3) is 11.0 Å². The van der Waals surface area contributed by atoms with Crippen molar-refractivity contribution in [3.8, 4) is 0 Å². The van der Waals surface area contributed by atoms with E-state index in [0.717, 1.165) is 107 Å². The van der Waals surface area contributed by atoms with Crippen LogP contribution in [0.15, 0.2) is 47.1 Å². The van der Waals surface area contributed by atoms with E-state index < -0.39 is 11.8 Å². The summed E-state index contributed by atoms with van der Waals surface area (Å²) in [6, 6.07) is 12.5. The third-order valence-corrected chi connectivity index (χ3v) is 12.5. The Labute approximate surface area is 330 Å². The molecule has 5 amide bonds. The van der Waals surface area contributed by atoms with E-state index in [-0.39, 0.29) is 29.6 Å². The number of hydrogen-bond donors (Lipinski definition) is 3. The molecule has 0 bridgehead atoms. The molecule has 0 spiro atoms. The molecule has 5 aliphatic heterocycles. The third kappa shape index (κ3) is 7.33. The molecule has 2 aromatic carbocycles. The molecular weight excluding hydrogens is 727 g/mol. The van der Waals surface area contributed by atoms with E-state index in [1.54, 1.807) is 11.1 Å². The van der Waals surface area contributed by atoms with Gasteiger partial charge in [-0.25, -0.2) is 14.8 Å². The average Bonchev–Trinajstić information content (AvgIpc) is 3.80. The van der Waals surface area contributed by atoms with Crippen LogP contribution in [0, 0.1) is 5.92 Å². The van der Waals surface area contributed by atoms with E-state index in [9.17, 15) is 19.2 Å². The number of nitrogens with two attached hydrogens (primary N) is 1. The molecule has 0 saturated carbocycles. The first-order valence-electron chi connectivity index (χ1n) is 20.2. The highest BCUT2D eigenvalue weighted by molar-refractivity contribution is 6.02. The van der Waals surface area contributed by atoms with Gasteiger partial charge in [0.2, 0.25) is 11.8 Å². The molecule has 4 saturated heterocycles. The molecule has 57 heavy (non-hydrogen) atoms. The number of primary amides is 1. The number of piperidine rings is 3. The lowest BCUT2D eigenvalue weighted by Crippen LogP contribution is -2.49. The molecule has 298 valence electrons. The zero-order chi connectivity index (χ0) is 39.2. The number of amides is 5. The summed E-state index contributed by atoms with van der Waals surface area (Å²) < 4.78 is 5.84. The Hall–Kier alpha value is -5.77. The molecule has 7 heterocycles. The van der Waals surface area contributed by atoms with Crippen LogP contribution in [-0.4, -0.2) is 119 Å². The first kappa shape index (κ1) is 36.8. The minimum atomic E-state index is -0.653. The predicted molar refractivity (Wildman–Crippen MR) is 213 cm³/mol. The Bertz CT molecular complexity index is 2200. The van der Waals surface area contributed by atoms with Crippen molar-refractivity contribution in [2.75, 3.05) is 74.5 Å². The maximum absolute atomic E-state index is 12.7. The van der Waals surface area contributed by atoms with Crippen LogP contribution in [-0.2, 0) is 22.6 Å². The molecule has 2 atom stereocenters. The van der Waals surface area contributed by atoms with E-state index in [4.69, 9.17) is 15.2 Å². The van der Waals surface area contributed by atoms with Gasteiger partial charge in [-0.1, -0.05) is 11.2 Å². The minimum absolute atomic E-state index is 0.0674. The molecule has 1 unspecified atom stereocenters. The minimum Gasteiger partial charge on any atom is -0.372 e. The van der Waals surface area contributed by atoms with Crippen molar-refractivity contribution in [1.29, 1.82) is 0 Å². The SMILES string of the molecule is CN1CCN([C@@H]2CCCN(c3cnc(C(N)=O)c(Nc4ccc(N5CCC(CN6CCc7c(ccc8c(C9CCC(=O)NC9=O)noc78)C6)CC5)cc4)n3)C2)C1=O. The lowest BCUT2D eigenvalue weighted by molar-refractivity contribution is -0.134. The van der Waals surface area contributed by atoms with E-state index in [0.29, 0.717) is 42.6 Å². The second kappa shape index (κ2) is 15.3. The van der Waals surface area contributed by atoms with Crippen molar-refractivity contribution in [3.05, 3.63) is 65.1 Å². The first-order valence-corrected chi connectivity index (χ1v) is 20.2. The van der Waals surface area contributed by atoms with Crippen LogP contribution >= 0.6 is 0 Å². The van der Waals surface area contributed by atoms with Crippen molar-refractivity contribution >= 4 is 57.7 Å². The van der Waals surface area contributed by atoms with Crippen LogP contribution < -0.4 is 26.2 Å². The maximum atomic E-state index is 12.7. The summed E-state index contributed by atoms with van der Waals surface area (Å²) in [6.45, 7) is 7.69. The molecule has 0 radical (unpaired) electrons. The highest BCUT2D eigenvalue weighted by atomic mass is 16.5. The van der Waals surface area contributed by atoms with Gasteiger partial charge in [0.15, 0.2) is 17.1 Å². The fourth-order valence-corrected chi connectivity index (χ4v) is 9.35. The number of aromatic nitrogens is 3. The number of carbonyl (C=O) groups is 4. The van der Waals surface area contributed by atoms with Crippen LogP contribution in [0.5, 0.6) is 0 Å². The van der Waals surface area contributed by atoms with Crippen LogP contribution in [0.2, 0.25) is 0 Å². The number of carbonyl (C=O) groups excluding carboxylic acids is 4. The largest absolute Gasteiger partial charge is 0.372 e. The second-order valence-electron chi connectivity index (χ2n) is 16.2. The van der Waals surface area contributed by atoms with Gasteiger partial charge in [-0.15, -0.1) is 0 Å². The summed E-state index contributed by atoms with van der Waals surface area (Å²) in [4.78, 5) is 69.3. The summed E-state index contributed by atoms with van der Waals surface area (Å²) in [5.41, 5.74) is 11.5. The Morgan fingerprint density at radius 1 is 0.947 bits per heavy atom. The van der Waals surface area contributed by atoms with Gasteiger partial charge in [0, 0.05) is 94.7 Å². The number of nitrogens with one attached hydrogen (secondary N) is 2. The number of likely N-dealkylation sites (N-methyl/N-ethyl adjacent to an activating group) is 1. The van der Waals surface area contributed by atoms with Gasteiger partial charge in [0.25, 0.3) is 5.91 Å². The number of nitrogens with zero attached hydrogens (tertiary/aromatic N) is 8. The van der Waals surface area contributed by atoms with Crippen molar-refractivity contribution in [1.82, 2.24) is 35.1 Å². The fourth-order valence-electron chi connectivity index (χ4n) is 9.35. The molecule has 4 aromatic rings. The van der Waals surface area contributed by atoms with Gasteiger partial charge < -0.3 is 35.2 Å². The first-order chi connectivity index (χ1) is 27.7. The van der Waals surface area contributed by atoms with Crippen LogP contribution in [0.3, 0.4) is 0 Å². The molecular formula is C41H49N11O5. The van der Waals surface area contributed by atoms with Crippen molar-refractivity contribution in [3.63, 3.8) is 0 Å². The Balaban J connectivity index is 0.792. The standard InChI is InChI=1S/C41H49N11O5/c1-48-19-20-52(41(48)56)29-3-2-15-51(24-29)33-21-43-36(38(42)54)39(45-33)44-27-5-7-28(8-6-27)50-17-12-25(13-18-50)22-49-16-14-30-26(23-49)4-9-31-35(47-57-37(30)31)32-10-11-34(53)46-40(32)55/h4-9,21,25,29,32H,2-3,10-20,22-24H2,1H3,(H2,42,54)(H,44,45)(H,46,53,55)/t29-,32?/m1/s1. The number of urea groups is 1. The topological polar surface area (TPSA) is 186 Å². The molecule has 16 nitrogen and oxygen atoms in total. The van der Waals surface area contributed by atoms with E-state index in [1.165, 1.54) is 11.1 Å². The maximum Gasteiger partial charge on any atom is 0.320 e. The molecule has 9 rings (SSSR count). The summed E-state index contributed by atoms with van der Waals surface area (Å²) in [6.07, 6.45) is 7.30. The van der Waals surface area contributed by atoms with Crippen LogP contribution in [0.4, 0.5) is 27.8 Å². The number of anilines is 4. The lowest BCUT2D eigenvalue weighted by atomic mass is 9.90. The number of benzene rings is 2. The van der Waals surface area contributed by atoms with E-state index >= 15 is 0 Å². The number of rotatable bonds is 9. The summed E-state index contributed by atoms with van der Waals surface area (Å²) in [7, 11) is 1.84. The highest BCUT2D eigenvalue weighted by Gasteiger charge is 2.36. The van der Waals surface area contributed by atoms with Crippen molar-refractivity contribution < 1.29 is 23.7 Å². The summed E-state index contributed by atoms with van der Waals surface area (Å²) >= 11 is 0. The van der Waals surface area contributed by atoms with Gasteiger partial charge in [0.05, 0.1) is 18.2 Å². The summed E-state index contributed by atoms with van der Waals surface area (Å²) in [5.74, 6) is -0.0903. The van der Waals surface area contributed by atoms with Gasteiger partial charge in [0.1, 0.15) is 11.5 Å². The Morgan fingerprint density at radius 2 is 1.77 bits per heavy atom. The van der Waals surface area contributed by atoms with Crippen molar-refractivity contribution in [2.24, 2.45) is 11.7 Å². The molecule has 16 heteroatoms. The van der Waals surface area contributed by atoms with Crippen LogP contribution in [0.1, 0.15) is 71.8 Å². The molecule has 4 N–H and O–H groups in total. The smallest absolute Gasteiger partial charge is 0.320 e. The quantitative estimate of drug-likeness (QED) is 0.210. The zero-order valence-corrected chi connectivity index (χ0v) is 32.3. The van der Waals surface area contributed by atoms with Gasteiger partial charge in [-0.3, -0.25) is 24.6 Å². The normalized spacial score (nSPS) is 22.3. The van der Waals surface area contributed by atoms with E-state index in [1.807, 2.05) is 30.1 Å². The highest BCUT2D eigenvalue weighted by Crippen LogP contribution is 2.36. The van der Waals surface area contributed by atoms with Gasteiger partial charge in [-0.05, 0) is 80.3 Å². The number of imide groups is 1. The molecule has 2 aromatic heterocycles. The van der Waals surface area contributed by atoms with Gasteiger partial charge >= 0.3 is 6.03 Å². The number of fused-ring (bicyclic) bond motifs is 3. The molecule has 5 aliphatic rings. The van der Waals surface area contributed by atoms with Crippen molar-refractivity contribution in [2.45, 2.75) is 63.5 Å². The Kier molecular flexibility index (Phi) is 9.88. The molecule has 4 fully saturated rings. The average molecular weight is 776 g/mol. The number of hydrogen-bond acceptors (Lipinski definition) is 12.